The minimum absolute atomic E-state index is 0.439. The fraction of sp³-hybridized carbons (Fsp3) is 0.368. The monoisotopic (exact) mass is 544 g/mol. The first-order chi connectivity index (χ1) is 12.5. The van der Waals surface area contributed by atoms with E-state index in [9.17, 15) is 5.11 Å². The minimum Gasteiger partial charge on any atom is -0.390 e. The van der Waals surface area contributed by atoms with Gasteiger partial charge in [0.1, 0.15) is 0 Å². The Bertz CT molecular complexity index is 951. The Morgan fingerprint density at radius 1 is 0.962 bits per heavy atom. The molecular weight excluding hydrogens is 528 g/mol. The van der Waals surface area contributed by atoms with E-state index in [4.69, 9.17) is 4.74 Å². The number of benzene rings is 2. The van der Waals surface area contributed by atoms with Crippen molar-refractivity contribution in [3.8, 4) is 0 Å². The summed E-state index contributed by atoms with van der Waals surface area (Å²) in [6.07, 6.45) is -0.439. The largest absolute Gasteiger partial charge is 0.390 e. The van der Waals surface area contributed by atoms with Crippen LogP contribution >= 0.6 is 47.8 Å². The molecule has 138 valence electrons. The molecule has 1 aromatic heterocycles. The molecule has 1 aliphatic rings. The Balaban J connectivity index is 1.75. The van der Waals surface area contributed by atoms with E-state index in [1.165, 1.54) is 10.8 Å². The van der Waals surface area contributed by atoms with Crippen molar-refractivity contribution in [1.29, 1.82) is 0 Å². The molecule has 2 heterocycles. The number of hydrogen-bond acceptors (Lipinski definition) is 3. The van der Waals surface area contributed by atoms with Crippen LogP contribution in [-0.4, -0.2) is 53.5 Å². The van der Waals surface area contributed by atoms with Crippen LogP contribution in [0.3, 0.4) is 0 Å². The van der Waals surface area contributed by atoms with Gasteiger partial charge in [0, 0.05) is 49.3 Å². The van der Waals surface area contributed by atoms with Gasteiger partial charge < -0.3 is 14.4 Å². The van der Waals surface area contributed by atoms with Crippen molar-refractivity contribution < 1.29 is 9.84 Å². The molecule has 1 N–H and O–H groups in total. The average molecular weight is 547 g/mol. The van der Waals surface area contributed by atoms with Crippen LogP contribution in [-0.2, 0) is 11.3 Å². The molecule has 7 heteroatoms. The lowest BCUT2D eigenvalue weighted by Crippen LogP contribution is -2.42. The summed E-state index contributed by atoms with van der Waals surface area (Å²) in [5.41, 5.74) is 2.24. The highest BCUT2D eigenvalue weighted by Crippen LogP contribution is 2.37. The van der Waals surface area contributed by atoms with Crippen LogP contribution in [0.4, 0.5) is 0 Å². The molecule has 0 saturated carbocycles. The fourth-order valence-corrected chi connectivity index (χ4v) is 5.47. The van der Waals surface area contributed by atoms with E-state index in [2.05, 4.69) is 87.6 Å². The van der Waals surface area contributed by atoms with Crippen LogP contribution in [0.2, 0.25) is 0 Å². The van der Waals surface area contributed by atoms with E-state index in [-0.39, 0.29) is 0 Å². The predicted octanol–water partition coefficient (Wildman–Crippen LogP) is 4.78. The molecule has 1 atom stereocenters. The third-order valence-electron chi connectivity index (χ3n) is 4.80. The molecule has 0 amide bonds. The first-order valence-corrected chi connectivity index (χ1v) is 11.0. The zero-order chi connectivity index (χ0) is 18.3. The van der Waals surface area contributed by atoms with E-state index in [1.807, 2.05) is 0 Å². The molecule has 1 aliphatic heterocycles. The molecule has 4 nitrogen and oxygen atoms in total. The Kier molecular flexibility index (Phi) is 5.74. The number of rotatable bonds is 4. The van der Waals surface area contributed by atoms with E-state index >= 15 is 0 Å². The maximum atomic E-state index is 10.8. The number of β-amino-alcohol motifs (C(OH)–C–C–N with tert-alkyl or cyclic N) is 1. The van der Waals surface area contributed by atoms with Gasteiger partial charge in [-0.2, -0.15) is 0 Å². The average Bonchev–Trinajstić information content (AvgIpc) is 2.89. The van der Waals surface area contributed by atoms with Gasteiger partial charge in [-0.05, 0) is 46.3 Å². The molecule has 0 aliphatic carbocycles. The molecule has 2 aromatic carbocycles. The van der Waals surface area contributed by atoms with Crippen LogP contribution in [0, 0.1) is 0 Å². The lowest BCUT2D eigenvalue weighted by Gasteiger charge is -2.28. The van der Waals surface area contributed by atoms with Crippen LogP contribution < -0.4 is 0 Å². The van der Waals surface area contributed by atoms with Gasteiger partial charge in [0.05, 0.1) is 31.4 Å². The standard InChI is InChI=1S/C19H19Br3N2O2/c20-12-1-2-18-15(7-12)16-8-13(21)9-17(22)19(16)24(18)11-14(25)10-23-3-5-26-6-4-23/h1-2,7-9,14,25H,3-6,10-11H2. The summed E-state index contributed by atoms with van der Waals surface area (Å²) >= 11 is 10.9. The molecular formula is C19H19Br3N2O2. The van der Waals surface area contributed by atoms with E-state index in [0.717, 1.165) is 50.8 Å². The third-order valence-corrected chi connectivity index (χ3v) is 6.36. The molecule has 1 fully saturated rings. The number of aliphatic hydroxyl groups is 1. The smallest absolute Gasteiger partial charge is 0.0846 e. The summed E-state index contributed by atoms with van der Waals surface area (Å²) in [7, 11) is 0. The molecule has 0 radical (unpaired) electrons. The molecule has 1 saturated heterocycles. The van der Waals surface area contributed by atoms with Crippen molar-refractivity contribution in [3.63, 3.8) is 0 Å². The van der Waals surface area contributed by atoms with Gasteiger partial charge >= 0.3 is 0 Å². The quantitative estimate of drug-likeness (QED) is 0.512. The van der Waals surface area contributed by atoms with Crippen molar-refractivity contribution in [2.24, 2.45) is 0 Å². The molecule has 1 unspecified atom stereocenters. The number of hydrogen-bond donors (Lipinski definition) is 1. The number of fused-ring (bicyclic) bond motifs is 3. The fourth-order valence-electron chi connectivity index (χ4n) is 3.67. The number of morpholine rings is 1. The van der Waals surface area contributed by atoms with Crippen molar-refractivity contribution in [2.75, 3.05) is 32.8 Å². The second kappa shape index (κ2) is 7.89. The maximum Gasteiger partial charge on any atom is 0.0846 e. The molecule has 0 spiro atoms. The number of halogens is 3. The molecule has 0 bridgehead atoms. The second-order valence-electron chi connectivity index (χ2n) is 6.62. The summed E-state index contributed by atoms with van der Waals surface area (Å²) in [6, 6.07) is 10.5. The number of nitrogens with zero attached hydrogens (tertiary/aromatic N) is 2. The SMILES string of the molecule is OC(CN1CCOCC1)Cn1c2ccc(Br)cc2c2cc(Br)cc(Br)c21. The summed E-state index contributed by atoms with van der Waals surface area (Å²) in [6.45, 7) is 4.47. The lowest BCUT2D eigenvalue weighted by molar-refractivity contribution is 0.0119. The molecule has 4 rings (SSSR count). The normalized spacial score (nSPS) is 17.2. The minimum atomic E-state index is -0.439. The van der Waals surface area contributed by atoms with E-state index in [0.29, 0.717) is 13.1 Å². The van der Waals surface area contributed by atoms with Crippen molar-refractivity contribution >= 4 is 69.6 Å². The summed E-state index contributed by atoms with van der Waals surface area (Å²) in [5, 5.41) is 13.1. The number of ether oxygens (including phenoxy) is 1. The van der Waals surface area contributed by atoms with Crippen molar-refractivity contribution in [2.45, 2.75) is 12.6 Å². The van der Waals surface area contributed by atoms with E-state index in [1.54, 1.807) is 0 Å². The topological polar surface area (TPSA) is 37.6 Å². The van der Waals surface area contributed by atoms with Crippen LogP contribution in [0.5, 0.6) is 0 Å². The molecule has 3 aromatic rings. The third kappa shape index (κ3) is 3.75. The van der Waals surface area contributed by atoms with Gasteiger partial charge in [0.2, 0.25) is 0 Å². The first kappa shape index (κ1) is 18.9. The number of aliphatic hydroxyl groups excluding tert-OH is 1. The Labute approximate surface area is 177 Å². The zero-order valence-electron chi connectivity index (χ0n) is 14.1. The number of aromatic nitrogens is 1. The summed E-state index contributed by atoms with van der Waals surface area (Å²) < 4.78 is 10.7. The highest BCUT2D eigenvalue weighted by atomic mass is 79.9. The Hall–Kier alpha value is -0.440. The van der Waals surface area contributed by atoms with Crippen LogP contribution in [0.25, 0.3) is 21.8 Å². The van der Waals surface area contributed by atoms with E-state index < -0.39 is 6.10 Å². The summed E-state index contributed by atoms with van der Waals surface area (Å²) in [4.78, 5) is 2.27. The maximum absolute atomic E-state index is 10.8. The zero-order valence-corrected chi connectivity index (χ0v) is 18.8. The lowest BCUT2D eigenvalue weighted by atomic mass is 10.2. The van der Waals surface area contributed by atoms with Crippen LogP contribution in [0.15, 0.2) is 43.7 Å². The predicted molar refractivity (Wildman–Crippen MR) is 116 cm³/mol. The first-order valence-electron chi connectivity index (χ1n) is 8.57. The van der Waals surface area contributed by atoms with Crippen molar-refractivity contribution in [3.05, 3.63) is 43.7 Å². The van der Waals surface area contributed by atoms with Gasteiger partial charge in [-0.3, -0.25) is 4.90 Å². The van der Waals surface area contributed by atoms with Gasteiger partial charge in [-0.25, -0.2) is 0 Å². The van der Waals surface area contributed by atoms with Crippen LogP contribution in [0.1, 0.15) is 0 Å². The van der Waals surface area contributed by atoms with Gasteiger partial charge in [-0.1, -0.05) is 31.9 Å². The van der Waals surface area contributed by atoms with Gasteiger partial charge in [0.15, 0.2) is 0 Å². The highest BCUT2D eigenvalue weighted by Gasteiger charge is 2.19. The second-order valence-corrected chi connectivity index (χ2v) is 9.31. The molecule has 26 heavy (non-hydrogen) atoms. The van der Waals surface area contributed by atoms with Gasteiger partial charge in [-0.15, -0.1) is 0 Å². The summed E-state index contributed by atoms with van der Waals surface area (Å²) in [5.74, 6) is 0. The Morgan fingerprint density at radius 2 is 1.69 bits per heavy atom. The van der Waals surface area contributed by atoms with Crippen molar-refractivity contribution in [1.82, 2.24) is 9.47 Å². The van der Waals surface area contributed by atoms with Gasteiger partial charge in [0.25, 0.3) is 0 Å². The highest BCUT2D eigenvalue weighted by molar-refractivity contribution is 9.11. The Morgan fingerprint density at radius 3 is 2.46 bits per heavy atom.